The Morgan fingerprint density at radius 3 is 2.62 bits per heavy atom. The van der Waals surface area contributed by atoms with Gasteiger partial charge in [0.25, 0.3) is 0 Å². The van der Waals surface area contributed by atoms with Crippen LogP contribution in [0.25, 0.3) is 11.4 Å². The first-order chi connectivity index (χ1) is 10.1. The van der Waals surface area contributed by atoms with Gasteiger partial charge in [-0.1, -0.05) is 36.8 Å². The van der Waals surface area contributed by atoms with Crippen LogP contribution in [0, 0.1) is 6.92 Å². The highest BCUT2D eigenvalue weighted by Crippen LogP contribution is 2.28. The molecule has 1 aromatic carbocycles. The predicted molar refractivity (Wildman–Crippen MR) is 80.6 cm³/mol. The van der Waals surface area contributed by atoms with E-state index in [4.69, 9.17) is 0 Å². The molecule has 5 nitrogen and oxygen atoms in total. The molecule has 110 valence electrons. The van der Waals surface area contributed by atoms with Crippen LogP contribution in [0.1, 0.15) is 37.7 Å². The van der Waals surface area contributed by atoms with E-state index in [-0.39, 0.29) is 11.9 Å². The number of carbonyl (C=O) groups is 1. The molecule has 21 heavy (non-hydrogen) atoms. The van der Waals surface area contributed by atoms with E-state index >= 15 is 0 Å². The highest BCUT2D eigenvalue weighted by atomic mass is 16.2. The van der Waals surface area contributed by atoms with Gasteiger partial charge in [0, 0.05) is 12.1 Å². The van der Waals surface area contributed by atoms with Gasteiger partial charge in [0.2, 0.25) is 5.91 Å². The van der Waals surface area contributed by atoms with Crippen LogP contribution in [-0.4, -0.2) is 32.1 Å². The third-order valence-electron chi connectivity index (χ3n) is 3.96. The van der Waals surface area contributed by atoms with Crippen molar-refractivity contribution in [1.82, 2.24) is 19.7 Å². The van der Waals surface area contributed by atoms with Gasteiger partial charge in [-0.3, -0.25) is 9.36 Å². The van der Waals surface area contributed by atoms with Crippen molar-refractivity contribution in [2.24, 2.45) is 0 Å². The van der Waals surface area contributed by atoms with Gasteiger partial charge in [-0.2, -0.15) is 0 Å². The average Bonchev–Trinajstić information content (AvgIpc) is 2.89. The number of amides is 1. The van der Waals surface area contributed by atoms with E-state index in [1.807, 2.05) is 28.5 Å². The molecule has 0 radical (unpaired) electrons. The molecular formula is C16H20N4O. The molecule has 0 unspecified atom stereocenters. The monoisotopic (exact) mass is 284 g/mol. The number of hydrogen-bond acceptors (Lipinski definition) is 3. The summed E-state index contributed by atoms with van der Waals surface area (Å²) in [6, 6.07) is 7.92. The zero-order valence-corrected chi connectivity index (χ0v) is 12.7. The van der Waals surface area contributed by atoms with Gasteiger partial charge in [0.05, 0.1) is 6.54 Å². The van der Waals surface area contributed by atoms with Crippen molar-refractivity contribution in [2.75, 3.05) is 6.54 Å². The number of aryl methyl sites for hydroxylation is 1. The van der Waals surface area contributed by atoms with Crippen molar-refractivity contribution in [3.05, 3.63) is 35.7 Å². The Labute approximate surface area is 124 Å². The third-order valence-corrected chi connectivity index (χ3v) is 3.96. The molecule has 0 N–H and O–H groups in total. The molecule has 0 saturated carbocycles. The quantitative estimate of drug-likeness (QED) is 0.870. The van der Waals surface area contributed by atoms with Gasteiger partial charge in [0.15, 0.2) is 11.6 Å². The molecule has 3 rings (SSSR count). The third kappa shape index (κ3) is 2.33. The molecule has 0 aliphatic carbocycles. The zero-order valence-electron chi connectivity index (χ0n) is 12.7. The van der Waals surface area contributed by atoms with Crippen LogP contribution in [0.15, 0.2) is 24.3 Å². The molecule has 0 fully saturated rings. The van der Waals surface area contributed by atoms with Crippen LogP contribution >= 0.6 is 0 Å². The number of nitrogens with zero attached hydrogens (tertiary/aromatic N) is 4. The molecule has 1 atom stereocenters. The fourth-order valence-electron chi connectivity index (χ4n) is 2.82. The maximum absolute atomic E-state index is 12.5. The maximum Gasteiger partial charge on any atom is 0.245 e. The van der Waals surface area contributed by atoms with Crippen LogP contribution in [0.4, 0.5) is 0 Å². The molecule has 0 saturated heterocycles. The summed E-state index contributed by atoms with van der Waals surface area (Å²) in [4.78, 5) is 14.3. The van der Waals surface area contributed by atoms with Crippen molar-refractivity contribution in [3.8, 4) is 11.4 Å². The first kappa shape index (κ1) is 13.8. The number of hydrogen-bond donors (Lipinski definition) is 0. The summed E-state index contributed by atoms with van der Waals surface area (Å²) >= 11 is 0. The van der Waals surface area contributed by atoms with E-state index in [2.05, 4.69) is 36.2 Å². The maximum atomic E-state index is 12.5. The summed E-state index contributed by atoms with van der Waals surface area (Å²) in [7, 11) is 0. The topological polar surface area (TPSA) is 51.0 Å². The van der Waals surface area contributed by atoms with Gasteiger partial charge >= 0.3 is 0 Å². The smallest absolute Gasteiger partial charge is 0.245 e. The van der Waals surface area contributed by atoms with Gasteiger partial charge in [-0.15, -0.1) is 10.2 Å². The summed E-state index contributed by atoms with van der Waals surface area (Å²) in [5, 5.41) is 8.60. The minimum Gasteiger partial charge on any atom is -0.333 e. The fraction of sp³-hybridized carbons (Fsp3) is 0.438. The van der Waals surface area contributed by atoms with Crippen LogP contribution in [0.5, 0.6) is 0 Å². The highest BCUT2D eigenvalue weighted by molar-refractivity contribution is 5.82. The van der Waals surface area contributed by atoms with E-state index in [0.29, 0.717) is 6.54 Å². The highest BCUT2D eigenvalue weighted by Gasteiger charge is 2.32. The Kier molecular flexibility index (Phi) is 3.49. The summed E-state index contributed by atoms with van der Waals surface area (Å²) in [6.07, 6.45) is 0.956. The van der Waals surface area contributed by atoms with E-state index < -0.39 is 0 Å². The Bertz CT molecular complexity index is 659. The lowest BCUT2D eigenvalue weighted by molar-refractivity contribution is -0.136. The van der Waals surface area contributed by atoms with Crippen molar-refractivity contribution < 1.29 is 4.79 Å². The normalized spacial score (nSPS) is 18.0. The minimum atomic E-state index is -0.244. The van der Waals surface area contributed by atoms with Crippen molar-refractivity contribution >= 4 is 5.91 Å². The molecule has 1 aliphatic heterocycles. The molecule has 0 bridgehead atoms. The number of rotatable bonds is 3. The van der Waals surface area contributed by atoms with Crippen LogP contribution in [0.3, 0.4) is 0 Å². The van der Waals surface area contributed by atoms with E-state index in [1.54, 1.807) is 0 Å². The Morgan fingerprint density at radius 1 is 1.24 bits per heavy atom. The van der Waals surface area contributed by atoms with Gasteiger partial charge in [-0.25, -0.2) is 0 Å². The summed E-state index contributed by atoms with van der Waals surface area (Å²) < 4.78 is 1.97. The molecule has 2 heterocycles. The molecule has 1 aromatic heterocycles. The minimum absolute atomic E-state index is 0.150. The first-order valence-electron chi connectivity index (χ1n) is 7.41. The van der Waals surface area contributed by atoms with Crippen LogP contribution in [-0.2, 0) is 11.3 Å². The average molecular weight is 284 g/mol. The van der Waals surface area contributed by atoms with E-state index in [0.717, 1.165) is 30.2 Å². The predicted octanol–water partition coefficient (Wildman–Crippen LogP) is 2.57. The lowest BCUT2D eigenvalue weighted by Crippen LogP contribution is -2.42. The molecule has 0 spiro atoms. The SMILES string of the molecule is CCCN1Cc2nnc(-c3ccc(C)cc3)n2[C@@H](C)C1=O. The lowest BCUT2D eigenvalue weighted by Gasteiger charge is -2.31. The first-order valence-corrected chi connectivity index (χ1v) is 7.41. The second-order valence-electron chi connectivity index (χ2n) is 5.61. The molecule has 5 heteroatoms. The lowest BCUT2D eigenvalue weighted by atomic mass is 10.1. The van der Waals surface area contributed by atoms with Gasteiger partial charge < -0.3 is 4.90 Å². The van der Waals surface area contributed by atoms with Crippen LogP contribution < -0.4 is 0 Å². The van der Waals surface area contributed by atoms with Crippen molar-refractivity contribution in [1.29, 1.82) is 0 Å². The Morgan fingerprint density at radius 2 is 1.95 bits per heavy atom. The summed E-state index contributed by atoms with van der Waals surface area (Å²) in [6.45, 7) is 7.38. The summed E-state index contributed by atoms with van der Waals surface area (Å²) in [5.74, 6) is 1.80. The van der Waals surface area contributed by atoms with Gasteiger partial charge in [-0.05, 0) is 20.3 Å². The second-order valence-corrected chi connectivity index (χ2v) is 5.61. The molecule has 2 aromatic rings. The number of aromatic nitrogens is 3. The fourth-order valence-corrected chi connectivity index (χ4v) is 2.82. The number of carbonyl (C=O) groups excluding carboxylic acids is 1. The second kappa shape index (κ2) is 5.31. The largest absolute Gasteiger partial charge is 0.333 e. The standard InChI is InChI=1S/C16H20N4O/c1-4-9-19-10-14-17-18-15(20(14)12(3)16(19)21)13-7-5-11(2)6-8-13/h5-8,12H,4,9-10H2,1-3H3/t12-/m0/s1. The molecule has 1 aliphatic rings. The van der Waals surface area contributed by atoms with Gasteiger partial charge in [0.1, 0.15) is 6.04 Å². The van der Waals surface area contributed by atoms with E-state index in [1.165, 1.54) is 5.56 Å². The van der Waals surface area contributed by atoms with E-state index in [9.17, 15) is 4.79 Å². The Hall–Kier alpha value is -2.17. The zero-order chi connectivity index (χ0) is 15.0. The molecule has 1 amide bonds. The molecular weight excluding hydrogens is 264 g/mol. The number of fused-ring (bicyclic) bond motifs is 1. The van der Waals surface area contributed by atoms with Crippen molar-refractivity contribution in [2.45, 2.75) is 39.8 Å². The van der Waals surface area contributed by atoms with Crippen molar-refractivity contribution in [3.63, 3.8) is 0 Å². The van der Waals surface area contributed by atoms with Crippen LogP contribution in [0.2, 0.25) is 0 Å². The Balaban J connectivity index is 2.01. The number of benzene rings is 1. The summed E-state index contributed by atoms with van der Waals surface area (Å²) in [5.41, 5.74) is 2.21.